The SMILES string of the molecule is C=Cc1[nH]c2ccc(/C=C/C3c4ccccc4OC3C=C)cc2c1/C=C/c1cccoc2ccccc2cc1. The van der Waals surface area contributed by atoms with Crippen LogP contribution in [0, 0.1) is 0 Å². The Hall–Kier alpha value is -5.02. The second-order valence-corrected chi connectivity index (χ2v) is 9.52. The molecule has 1 aliphatic heterocycles. The van der Waals surface area contributed by atoms with E-state index in [1.54, 1.807) is 6.26 Å². The van der Waals surface area contributed by atoms with Gasteiger partial charge in [-0.1, -0.05) is 104 Å². The number of H-pyrrole nitrogens is 1. The number of aromatic amines is 1. The number of benzene rings is 3. The van der Waals surface area contributed by atoms with Gasteiger partial charge in [0.25, 0.3) is 0 Å². The summed E-state index contributed by atoms with van der Waals surface area (Å²) in [5.41, 5.74) is 7.37. The molecule has 0 amide bonds. The highest BCUT2D eigenvalue weighted by molar-refractivity contribution is 5.96. The van der Waals surface area contributed by atoms with E-state index in [9.17, 15) is 0 Å². The monoisotopic (exact) mass is 507 g/mol. The van der Waals surface area contributed by atoms with Crippen LogP contribution in [0.3, 0.4) is 0 Å². The van der Waals surface area contributed by atoms with Gasteiger partial charge in [0.05, 0.1) is 6.26 Å². The number of hydrogen-bond donors (Lipinski definition) is 1. The number of fused-ring (bicyclic) bond motifs is 3. The standard InChI is InChI=1S/C36H29NO2/c1-3-32-28(20-16-25-10-9-23-38-35-13-7-5-11-27(35)19-15-25)31-24-26(18-22-33(31)37-32)17-21-30-29-12-6-8-14-36(29)39-34(30)4-2/h3-24,30,34,37H,1-2H2/b19-15?,20-16+,21-17+,23-9?,25-10?. The van der Waals surface area contributed by atoms with Crippen molar-refractivity contribution in [3.63, 3.8) is 0 Å². The first kappa shape index (κ1) is 24.3. The number of para-hydroxylation sites is 2. The second-order valence-electron chi connectivity index (χ2n) is 9.52. The van der Waals surface area contributed by atoms with Gasteiger partial charge < -0.3 is 14.1 Å². The number of aromatic nitrogens is 1. The fraction of sp³-hybridized carbons (Fsp3) is 0.0556. The van der Waals surface area contributed by atoms with Crippen LogP contribution in [0.15, 0.2) is 127 Å². The Morgan fingerprint density at radius 2 is 1.62 bits per heavy atom. The van der Waals surface area contributed by atoms with Crippen LogP contribution in [0.4, 0.5) is 0 Å². The Morgan fingerprint density at radius 1 is 0.769 bits per heavy atom. The molecule has 0 radical (unpaired) electrons. The van der Waals surface area contributed by atoms with Crippen LogP contribution in [-0.2, 0) is 0 Å². The predicted molar refractivity (Wildman–Crippen MR) is 164 cm³/mol. The molecule has 6 rings (SSSR count). The van der Waals surface area contributed by atoms with Gasteiger partial charge in [0.15, 0.2) is 0 Å². The highest BCUT2D eigenvalue weighted by Crippen LogP contribution is 2.39. The summed E-state index contributed by atoms with van der Waals surface area (Å²) in [6.07, 6.45) is 14.0. The molecule has 1 aliphatic rings. The lowest BCUT2D eigenvalue weighted by molar-refractivity contribution is 0.271. The summed E-state index contributed by atoms with van der Waals surface area (Å²) < 4.78 is 11.8. The van der Waals surface area contributed by atoms with Crippen LogP contribution < -0.4 is 4.74 Å². The van der Waals surface area contributed by atoms with Crippen molar-refractivity contribution in [2.45, 2.75) is 12.0 Å². The molecule has 190 valence electrons. The molecule has 0 aliphatic carbocycles. The maximum atomic E-state index is 6.08. The average molecular weight is 508 g/mol. The zero-order valence-electron chi connectivity index (χ0n) is 21.6. The topological polar surface area (TPSA) is 38.2 Å². The summed E-state index contributed by atoms with van der Waals surface area (Å²) in [7, 11) is 0. The Labute approximate surface area is 228 Å². The van der Waals surface area contributed by atoms with Crippen molar-refractivity contribution in [3.8, 4) is 5.75 Å². The van der Waals surface area contributed by atoms with Crippen molar-refractivity contribution >= 4 is 46.2 Å². The van der Waals surface area contributed by atoms with E-state index in [0.29, 0.717) is 0 Å². The number of ether oxygens (including phenoxy) is 1. The Bertz CT molecular complexity index is 1800. The molecular formula is C36H29NO2. The summed E-state index contributed by atoms with van der Waals surface area (Å²) in [6, 6.07) is 30.8. The lowest BCUT2D eigenvalue weighted by Gasteiger charge is -2.11. The maximum Gasteiger partial charge on any atom is 0.133 e. The molecule has 3 aromatic carbocycles. The summed E-state index contributed by atoms with van der Waals surface area (Å²) in [6.45, 7) is 8.02. The molecule has 0 saturated heterocycles. The molecule has 39 heavy (non-hydrogen) atoms. The number of hydrogen-bond acceptors (Lipinski definition) is 2. The van der Waals surface area contributed by atoms with E-state index in [4.69, 9.17) is 9.15 Å². The highest BCUT2D eigenvalue weighted by Gasteiger charge is 2.29. The molecule has 1 N–H and O–H groups in total. The largest absolute Gasteiger partial charge is 0.485 e. The van der Waals surface area contributed by atoms with Crippen LogP contribution in [0.25, 0.3) is 46.2 Å². The van der Waals surface area contributed by atoms with E-state index in [2.05, 4.69) is 84.9 Å². The molecule has 0 bridgehead atoms. The molecule has 3 heteroatoms. The van der Waals surface area contributed by atoms with Gasteiger partial charge in [-0.25, -0.2) is 0 Å². The van der Waals surface area contributed by atoms with Crippen molar-refractivity contribution in [1.82, 2.24) is 4.98 Å². The number of rotatable bonds is 6. The normalized spacial score (nSPS) is 16.4. The average Bonchev–Trinajstić information content (AvgIpc) is 3.54. The Kier molecular flexibility index (Phi) is 6.71. The van der Waals surface area contributed by atoms with Gasteiger partial charge >= 0.3 is 0 Å². The van der Waals surface area contributed by atoms with E-state index in [0.717, 1.165) is 50.0 Å². The minimum Gasteiger partial charge on any atom is -0.485 e. The van der Waals surface area contributed by atoms with Gasteiger partial charge in [-0.2, -0.15) is 0 Å². The molecule has 5 aromatic rings. The molecule has 3 heterocycles. The van der Waals surface area contributed by atoms with Crippen molar-refractivity contribution < 1.29 is 9.15 Å². The van der Waals surface area contributed by atoms with Gasteiger partial charge in [-0.05, 0) is 47.5 Å². The maximum absolute atomic E-state index is 6.08. The van der Waals surface area contributed by atoms with E-state index in [1.165, 1.54) is 5.56 Å². The van der Waals surface area contributed by atoms with Crippen molar-refractivity contribution in [1.29, 1.82) is 0 Å². The smallest absolute Gasteiger partial charge is 0.133 e. The zero-order valence-corrected chi connectivity index (χ0v) is 21.6. The van der Waals surface area contributed by atoms with E-state index in [1.807, 2.05) is 60.7 Å². The van der Waals surface area contributed by atoms with Gasteiger partial charge in [-0.3, -0.25) is 0 Å². The van der Waals surface area contributed by atoms with Gasteiger partial charge in [-0.15, -0.1) is 0 Å². The third-order valence-corrected chi connectivity index (χ3v) is 7.10. The molecule has 3 nitrogen and oxygen atoms in total. The first-order chi connectivity index (χ1) is 19.2. The first-order valence-corrected chi connectivity index (χ1v) is 13.1. The van der Waals surface area contributed by atoms with E-state index in [-0.39, 0.29) is 12.0 Å². The summed E-state index contributed by atoms with van der Waals surface area (Å²) in [5, 5.41) is 2.18. The third kappa shape index (κ3) is 4.95. The molecule has 2 unspecified atom stereocenters. The van der Waals surface area contributed by atoms with Crippen LogP contribution in [0.2, 0.25) is 0 Å². The molecule has 0 spiro atoms. The molecule has 2 aromatic heterocycles. The first-order valence-electron chi connectivity index (χ1n) is 13.1. The van der Waals surface area contributed by atoms with Crippen LogP contribution in [0.5, 0.6) is 5.75 Å². The van der Waals surface area contributed by atoms with E-state index < -0.39 is 0 Å². The van der Waals surface area contributed by atoms with Crippen molar-refractivity contribution in [3.05, 3.63) is 151 Å². The summed E-state index contributed by atoms with van der Waals surface area (Å²) in [5.74, 6) is 1.06. The quantitative estimate of drug-likeness (QED) is 0.232. The third-order valence-electron chi connectivity index (χ3n) is 7.10. The van der Waals surface area contributed by atoms with Crippen LogP contribution >= 0.6 is 0 Å². The lowest BCUT2D eigenvalue weighted by atomic mass is 9.94. The van der Waals surface area contributed by atoms with Gasteiger partial charge in [0.1, 0.15) is 17.4 Å². The van der Waals surface area contributed by atoms with Crippen LogP contribution in [0.1, 0.15) is 33.9 Å². The molecule has 2 atom stereocenters. The molecular weight excluding hydrogens is 478 g/mol. The van der Waals surface area contributed by atoms with E-state index >= 15 is 0 Å². The predicted octanol–water partition coefficient (Wildman–Crippen LogP) is 9.60. The second kappa shape index (κ2) is 10.8. The van der Waals surface area contributed by atoms with Crippen LogP contribution in [-0.4, -0.2) is 11.1 Å². The van der Waals surface area contributed by atoms with Gasteiger partial charge in [0, 0.05) is 39.0 Å². The Balaban J connectivity index is 1.35. The zero-order chi connectivity index (χ0) is 26.6. The summed E-state index contributed by atoms with van der Waals surface area (Å²) in [4.78, 5) is 3.50. The summed E-state index contributed by atoms with van der Waals surface area (Å²) >= 11 is 0. The Morgan fingerprint density at radius 3 is 2.51 bits per heavy atom. The fourth-order valence-electron chi connectivity index (χ4n) is 5.10. The highest BCUT2D eigenvalue weighted by atomic mass is 16.5. The minimum absolute atomic E-state index is 0.0683. The molecule has 0 saturated carbocycles. The number of nitrogens with one attached hydrogen (secondary N) is 1. The fourth-order valence-corrected chi connectivity index (χ4v) is 5.10. The molecule has 0 fully saturated rings. The lowest BCUT2D eigenvalue weighted by Crippen LogP contribution is -2.13. The van der Waals surface area contributed by atoms with Crippen molar-refractivity contribution in [2.75, 3.05) is 0 Å². The van der Waals surface area contributed by atoms with Gasteiger partial charge in [0.2, 0.25) is 0 Å². The van der Waals surface area contributed by atoms with Crippen molar-refractivity contribution in [2.24, 2.45) is 0 Å². The minimum atomic E-state index is -0.0683.